The van der Waals surface area contributed by atoms with E-state index in [1.807, 2.05) is 0 Å². The molecular weight excluding hydrogens is 425 g/mol. The molecule has 2 N–H and O–H groups in total. The Morgan fingerprint density at radius 2 is 1.94 bits per heavy atom. The number of hydrogen-bond donors (Lipinski definition) is 2. The molecule has 0 spiro atoms. The van der Waals surface area contributed by atoms with Gasteiger partial charge in [-0.25, -0.2) is 14.8 Å². The number of alkyl halides is 3. The van der Waals surface area contributed by atoms with Crippen molar-refractivity contribution in [2.24, 2.45) is 5.92 Å². The van der Waals surface area contributed by atoms with E-state index in [2.05, 4.69) is 25.5 Å². The second kappa shape index (κ2) is 7.64. The maximum Gasteiger partial charge on any atom is 0.408 e. The van der Waals surface area contributed by atoms with Crippen LogP contribution in [0.2, 0.25) is 0 Å². The smallest absolute Gasteiger partial charge is 0.366 e. The molecule has 3 aliphatic rings. The van der Waals surface area contributed by atoms with E-state index >= 15 is 0 Å². The van der Waals surface area contributed by atoms with Crippen LogP contribution < -0.4 is 20.4 Å². The molecule has 2 fully saturated rings. The van der Waals surface area contributed by atoms with Crippen LogP contribution in [0.4, 0.5) is 35.3 Å². The third kappa shape index (κ3) is 3.82. The van der Waals surface area contributed by atoms with Crippen molar-refractivity contribution in [1.29, 1.82) is 0 Å². The molecule has 11 heteroatoms. The number of carbonyl (C=O) groups is 2. The number of fused-ring (bicyclic) bond motifs is 4. The highest BCUT2D eigenvalue weighted by Crippen LogP contribution is 2.41. The molecule has 2 aromatic heterocycles. The molecule has 32 heavy (non-hydrogen) atoms. The van der Waals surface area contributed by atoms with E-state index < -0.39 is 30.1 Å². The molecule has 3 amide bonds. The number of nitrogens with zero attached hydrogens (tertiary/aromatic N) is 4. The Kier molecular flexibility index (Phi) is 4.90. The Bertz CT molecular complexity index is 1040. The Balaban J connectivity index is 1.43. The van der Waals surface area contributed by atoms with E-state index in [0.717, 1.165) is 6.54 Å². The highest BCUT2D eigenvalue weighted by molar-refractivity contribution is 6.05. The number of anilines is 3. The topological polar surface area (TPSA) is 90.5 Å². The van der Waals surface area contributed by atoms with E-state index in [0.29, 0.717) is 37.3 Å². The fourth-order valence-corrected chi connectivity index (χ4v) is 4.32. The van der Waals surface area contributed by atoms with Gasteiger partial charge in [-0.15, -0.1) is 0 Å². The van der Waals surface area contributed by atoms with Crippen molar-refractivity contribution in [2.45, 2.75) is 37.5 Å². The first-order valence-corrected chi connectivity index (χ1v) is 10.5. The van der Waals surface area contributed by atoms with Crippen LogP contribution in [0, 0.1) is 5.92 Å². The van der Waals surface area contributed by atoms with E-state index in [4.69, 9.17) is 0 Å². The maximum absolute atomic E-state index is 13.3. The van der Waals surface area contributed by atoms with Gasteiger partial charge in [0.1, 0.15) is 17.6 Å². The van der Waals surface area contributed by atoms with Gasteiger partial charge in [-0.05, 0) is 49.4 Å². The molecule has 2 aromatic rings. The van der Waals surface area contributed by atoms with Gasteiger partial charge >= 0.3 is 12.2 Å². The molecule has 0 unspecified atom stereocenters. The fraction of sp³-hybridized carbons (Fsp3) is 0.429. The number of halogens is 3. The minimum absolute atomic E-state index is 0.156. The molecule has 168 valence electrons. The maximum atomic E-state index is 13.3. The number of rotatable bonds is 4. The summed E-state index contributed by atoms with van der Waals surface area (Å²) < 4.78 is 40.0. The average Bonchev–Trinajstić information content (AvgIpc) is 3.52. The van der Waals surface area contributed by atoms with E-state index in [-0.39, 0.29) is 17.6 Å². The quantitative estimate of drug-likeness (QED) is 0.753. The lowest BCUT2D eigenvalue weighted by molar-refractivity contribution is -0.158. The molecule has 1 aliphatic carbocycles. The first kappa shape index (κ1) is 20.5. The molecular formula is C21H21F3N6O2. The number of hydrogen-bond acceptors (Lipinski definition) is 5. The minimum Gasteiger partial charge on any atom is -0.366 e. The Morgan fingerprint density at radius 1 is 1.12 bits per heavy atom. The zero-order chi connectivity index (χ0) is 22.5. The van der Waals surface area contributed by atoms with Gasteiger partial charge in [-0.2, -0.15) is 13.2 Å². The fourth-order valence-electron chi connectivity index (χ4n) is 4.32. The van der Waals surface area contributed by atoms with Crippen molar-refractivity contribution >= 4 is 29.3 Å². The number of urea groups is 1. The summed E-state index contributed by atoms with van der Waals surface area (Å²) in [5, 5.41) is 4.82. The summed E-state index contributed by atoms with van der Waals surface area (Å²) in [6.45, 7) is 1.34. The van der Waals surface area contributed by atoms with Crippen molar-refractivity contribution in [2.75, 3.05) is 28.2 Å². The van der Waals surface area contributed by atoms with Crippen LogP contribution in [0.15, 0.2) is 36.5 Å². The van der Waals surface area contributed by atoms with Crippen LogP contribution in [0.1, 0.15) is 29.8 Å². The van der Waals surface area contributed by atoms with E-state index in [1.54, 1.807) is 30.5 Å². The Morgan fingerprint density at radius 3 is 2.62 bits per heavy atom. The summed E-state index contributed by atoms with van der Waals surface area (Å²) in [4.78, 5) is 37.7. The molecule has 2 bridgehead atoms. The van der Waals surface area contributed by atoms with Gasteiger partial charge in [0.05, 0.1) is 11.7 Å². The second-order valence-electron chi connectivity index (χ2n) is 8.27. The SMILES string of the molecule is O=C(N[C@H](C1CC1)C(F)(F)F)c1ccc2c(n1)N(C(=O)Nc1ccccn1)[C@H]1CCN2C1. The van der Waals surface area contributed by atoms with Gasteiger partial charge in [0.25, 0.3) is 5.91 Å². The van der Waals surface area contributed by atoms with Gasteiger partial charge in [0, 0.05) is 19.3 Å². The normalized spacial score (nSPS) is 20.5. The number of amides is 3. The summed E-state index contributed by atoms with van der Waals surface area (Å²) in [6.07, 6.45) is -1.40. The highest BCUT2D eigenvalue weighted by Gasteiger charge is 2.50. The molecule has 2 atom stereocenters. The van der Waals surface area contributed by atoms with Crippen LogP contribution >= 0.6 is 0 Å². The molecule has 1 saturated carbocycles. The summed E-state index contributed by atoms with van der Waals surface area (Å²) >= 11 is 0. The van der Waals surface area contributed by atoms with Crippen LogP contribution in [-0.2, 0) is 0 Å². The molecule has 2 aliphatic heterocycles. The predicted molar refractivity (Wildman–Crippen MR) is 111 cm³/mol. The number of aromatic nitrogens is 2. The standard InChI is InChI=1S/C21H21F3N6O2/c22-21(23,24)17(12-4-5-12)28-19(31)14-6-7-15-18(26-14)30(13-8-10-29(15)11-13)20(32)27-16-3-1-2-9-25-16/h1-3,6-7,9,12-13,17H,4-5,8,10-11H2,(H,28,31)(H,25,27,32)/t13-,17+/m0/s1. The van der Waals surface area contributed by atoms with Gasteiger partial charge < -0.3 is 10.2 Å². The Labute approximate surface area is 181 Å². The lowest BCUT2D eigenvalue weighted by Gasteiger charge is -2.35. The summed E-state index contributed by atoms with van der Waals surface area (Å²) in [7, 11) is 0. The molecule has 8 nitrogen and oxygen atoms in total. The zero-order valence-electron chi connectivity index (χ0n) is 17.0. The highest BCUT2D eigenvalue weighted by atomic mass is 19.4. The van der Waals surface area contributed by atoms with Gasteiger partial charge in [-0.3, -0.25) is 15.0 Å². The van der Waals surface area contributed by atoms with E-state index in [9.17, 15) is 22.8 Å². The molecule has 1 saturated heterocycles. The van der Waals surface area contributed by atoms with Crippen LogP contribution in [0.3, 0.4) is 0 Å². The first-order valence-electron chi connectivity index (χ1n) is 10.5. The van der Waals surface area contributed by atoms with Crippen LogP contribution in [-0.4, -0.2) is 53.3 Å². The van der Waals surface area contributed by atoms with E-state index in [1.165, 1.54) is 11.0 Å². The summed E-state index contributed by atoms with van der Waals surface area (Å²) in [6, 6.07) is 5.65. The van der Waals surface area contributed by atoms with Crippen molar-refractivity contribution < 1.29 is 22.8 Å². The third-order valence-electron chi connectivity index (χ3n) is 6.04. The number of pyridine rings is 2. The molecule has 4 heterocycles. The minimum atomic E-state index is -4.52. The van der Waals surface area contributed by atoms with Gasteiger partial charge in [0.2, 0.25) is 0 Å². The zero-order valence-corrected chi connectivity index (χ0v) is 17.0. The molecule has 0 radical (unpaired) electrons. The van der Waals surface area contributed by atoms with Crippen molar-refractivity contribution in [3.05, 3.63) is 42.2 Å². The largest absolute Gasteiger partial charge is 0.408 e. The van der Waals surface area contributed by atoms with Crippen LogP contribution in [0.5, 0.6) is 0 Å². The number of carbonyl (C=O) groups excluding carboxylic acids is 2. The van der Waals surface area contributed by atoms with Crippen molar-refractivity contribution in [3.63, 3.8) is 0 Å². The lowest BCUT2D eigenvalue weighted by atomic mass is 10.1. The predicted octanol–water partition coefficient (Wildman–Crippen LogP) is 3.18. The summed E-state index contributed by atoms with van der Waals surface area (Å²) in [5.74, 6) is -0.875. The Hall–Kier alpha value is -3.37. The third-order valence-corrected chi connectivity index (χ3v) is 6.04. The number of nitrogens with one attached hydrogen (secondary N) is 2. The lowest BCUT2D eigenvalue weighted by Crippen LogP contribution is -2.49. The molecule has 0 aromatic carbocycles. The van der Waals surface area contributed by atoms with Gasteiger partial charge in [-0.1, -0.05) is 6.07 Å². The van der Waals surface area contributed by atoms with Crippen molar-refractivity contribution in [3.8, 4) is 0 Å². The first-order chi connectivity index (χ1) is 15.3. The second-order valence-corrected chi connectivity index (χ2v) is 8.27. The average molecular weight is 446 g/mol. The summed E-state index contributed by atoms with van der Waals surface area (Å²) in [5.41, 5.74) is 0.512. The van der Waals surface area contributed by atoms with Crippen molar-refractivity contribution in [1.82, 2.24) is 15.3 Å². The van der Waals surface area contributed by atoms with Gasteiger partial charge in [0.15, 0.2) is 5.82 Å². The monoisotopic (exact) mass is 446 g/mol. The molecule has 5 rings (SSSR count). The van der Waals surface area contributed by atoms with Crippen LogP contribution in [0.25, 0.3) is 0 Å².